The lowest BCUT2D eigenvalue weighted by molar-refractivity contribution is -0.146. The van der Waals surface area contributed by atoms with Crippen molar-refractivity contribution in [3.05, 3.63) is 0 Å². The van der Waals surface area contributed by atoms with Crippen molar-refractivity contribution in [1.29, 1.82) is 0 Å². The third-order valence-corrected chi connectivity index (χ3v) is 3.69. The molecule has 5 heteroatoms. The van der Waals surface area contributed by atoms with Crippen LogP contribution in [0, 0.1) is 0 Å². The maximum atomic E-state index is 11.9. The van der Waals surface area contributed by atoms with Crippen molar-refractivity contribution < 1.29 is 14.3 Å². The number of hydrogen-bond acceptors (Lipinski definition) is 5. The van der Waals surface area contributed by atoms with E-state index >= 15 is 0 Å². The molecule has 0 aromatic heterocycles. The first kappa shape index (κ1) is 17.4. The maximum Gasteiger partial charge on any atom is 0.323 e. The molecule has 1 aliphatic heterocycles. The zero-order valence-electron chi connectivity index (χ0n) is 13.4. The normalized spacial score (nSPS) is 18.5. The molecule has 1 atom stereocenters. The van der Waals surface area contributed by atoms with Crippen LogP contribution < -0.4 is 5.32 Å². The number of ether oxygens (including phenoxy) is 2. The Morgan fingerprint density at radius 3 is 2.60 bits per heavy atom. The Hall–Kier alpha value is -0.650. The standard InChI is InChI=1S/C15H30N2O3/c1-5-20-15(18)14(16-12(2)3)6-9-17(4)13-7-10-19-11-8-13/h12-14,16H,5-11H2,1-4H3. The second-order valence-electron chi connectivity index (χ2n) is 5.74. The molecule has 1 N–H and O–H groups in total. The van der Waals surface area contributed by atoms with E-state index in [0.29, 0.717) is 12.6 Å². The van der Waals surface area contributed by atoms with E-state index < -0.39 is 0 Å². The van der Waals surface area contributed by atoms with Gasteiger partial charge in [0.2, 0.25) is 0 Å². The largest absolute Gasteiger partial charge is 0.465 e. The van der Waals surface area contributed by atoms with E-state index in [1.807, 2.05) is 6.92 Å². The van der Waals surface area contributed by atoms with E-state index in [0.717, 1.165) is 39.0 Å². The summed E-state index contributed by atoms with van der Waals surface area (Å²) in [7, 11) is 2.13. The highest BCUT2D eigenvalue weighted by atomic mass is 16.5. The highest BCUT2D eigenvalue weighted by Gasteiger charge is 2.23. The summed E-state index contributed by atoms with van der Waals surface area (Å²) >= 11 is 0. The van der Waals surface area contributed by atoms with Gasteiger partial charge in [-0.1, -0.05) is 13.8 Å². The number of carbonyl (C=O) groups is 1. The zero-order chi connectivity index (χ0) is 15.0. The molecule has 0 aromatic rings. The van der Waals surface area contributed by atoms with Gasteiger partial charge in [0.15, 0.2) is 0 Å². The molecule has 0 spiro atoms. The van der Waals surface area contributed by atoms with Gasteiger partial charge < -0.3 is 19.7 Å². The fourth-order valence-corrected chi connectivity index (χ4v) is 2.56. The van der Waals surface area contributed by atoms with Gasteiger partial charge in [-0.05, 0) is 33.2 Å². The zero-order valence-corrected chi connectivity index (χ0v) is 13.4. The molecule has 0 amide bonds. The average molecular weight is 286 g/mol. The molecule has 0 aromatic carbocycles. The first-order valence-corrected chi connectivity index (χ1v) is 7.75. The Bertz CT molecular complexity index is 278. The Balaban J connectivity index is 2.41. The third kappa shape index (κ3) is 6.20. The predicted molar refractivity (Wildman–Crippen MR) is 79.8 cm³/mol. The number of esters is 1. The van der Waals surface area contributed by atoms with Crippen molar-refractivity contribution in [3.63, 3.8) is 0 Å². The van der Waals surface area contributed by atoms with E-state index in [2.05, 4.69) is 31.1 Å². The highest BCUT2D eigenvalue weighted by molar-refractivity contribution is 5.75. The van der Waals surface area contributed by atoms with Gasteiger partial charge in [-0.15, -0.1) is 0 Å². The molecule has 0 aliphatic carbocycles. The van der Waals surface area contributed by atoms with Gasteiger partial charge in [-0.3, -0.25) is 4.79 Å². The highest BCUT2D eigenvalue weighted by Crippen LogP contribution is 2.13. The molecule has 1 unspecified atom stereocenters. The topological polar surface area (TPSA) is 50.8 Å². The van der Waals surface area contributed by atoms with Crippen LogP contribution in [0.4, 0.5) is 0 Å². The van der Waals surface area contributed by atoms with Crippen LogP contribution in [0.2, 0.25) is 0 Å². The van der Waals surface area contributed by atoms with Gasteiger partial charge in [0.1, 0.15) is 6.04 Å². The number of rotatable bonds is 8. The molecule has 1 fully saturated rings. The lowest BCUT2D eigenvalue weighted by Crippen LogP contribution is -2.45. The van der Waals surface area contributed by atoms with E-state index in [-0.39, 0.29) is 18.1 Å². The van der Waals surface area contributed by atoms with Crippen LogP contribution in [0.15, 0.2) is 0 Å². The van der Waals surface area contributed by atoms with Gasteiger partial charge >= 0.3 is 5.97 Å². The van der Waals surface area contributed by atoms with E-state index in [9.17, 15) is 4.79 Å². The predicted octanol–water partition coefficient (Wildman–Crippen LogP) is 1.42. The Labute approximate surface area is 123 Å². The lowest BCUT2D eigenvalue weighted by atomic mass is 10.1. The minimum absolute atomic E-state index is 0.137. The summed E-state index contributed by atoms with van der Waals surface area (Å²) < 4.78 is 10.5. The summed E-state index contributed by atoms with van der Waals surface area (Å²) in [5.41, 5.74) is 0. The van der Waals surface area contributed by atoms with Crippen molar-refractivity contribution in [2.45, 2.75) is 58.2 Å². The van der Waals surface area contributed by atoms with Gasteiger partial charge in [-0.25, -0.2) is 0 Å². The number of nitrogens with one attached hydrogen (secondary N) is 1. The van der Waals surface area contributed by atoms with E-state index in [1.54, 1.807) is 0 Å². The molecular weight excluding hydrogens is 256 g/mol. The fourth-order valence-electron chi connectivity index (χ4n) is 2.56. The summed E-state index contributed by atoms with van der Waals surface area (Å²) in [6.07, 6.45) is 2.95. The van der Waals surface area contributed by atoms with Gasteiger partial charge in [0.05, 0.1) is 6.61 Å². The van der Waals surface area contributed by atoms with Gasteiger partial charge in [0, 0.05) is 31.8 Å². The van der Waals surface area contributed by atoms with Crippen LogP contribution in [0.1, 0.15) is 40.0 Å². The molecule has 0 radical (unpaired) electrons. The van der Waals surface area contributed by atoms with Crippen LogP contribution in [-0.2, 0) is 14.3 Å². The SMILES string of the molecule is CCOC(=O)C(CCN(C)C1CCOCC1)NC(C)C. The van der Waals surface area contributed by atoms with Crippen molar-refractivity contribution in [2.75, 3.05) is 33.4 Å². The molecular formula is C15H30N2O3. The average Bonchev–Trinajstić information content (AvgIpc) is 2.43. The lowest BCUT2D eigenvalue weighted by Gasteiger charge is -2.32. The quantitative estimate of drug-likeness (QED) is 0.684. The molecule has 1 saturated heterocycles. The summed E-state index contributed by atoms with van der Waals surface area (Å²) in [6.45, 7) is 8.97. The molecule has 1 rings (SSSR count). The molecule has 20 heavy (non-hydrogen) atoms. The minimum atomic E-state index is -0.211. The van der Waals surface area contributed by atoms with Crippen LogP contribution >= 0.6 is 0 Å². The second kappa shape index (κ2) is 9.32. The molecule has 5 nitrogen and oxygen atoms in total. The minimum Gasteiger partial charge on any atom is -0.465 e. The van der Waals surface area contributed by atoms with Gasteiger partial charge in [-0.2, -0.15) is 0 Å². The van der Waals surface area contributed by atoms with Crippen LogP contribution in [0.25, 0.3) is 0 Å². The fraction of sp³-hybridized carbons (Fsp3) is 0.933. The monoisotopic (exact) mass is 286 g/mol. The van der Waals surface area contributed by atoms with E-state index in [1.165, 1.54) is 0 Å². The second-order valence-corrected chi connectivity index (χ2v) is 5.74. The molecule has 1 aliphatic rings. The first-order valence-electron chi connectivity index (χ1n) is 7.75. The van der Waals surface area contributed by atoms with E-state index in [4.69, 9.17) is 9.47 Å². The summed E-state index contributed by atoms with van der Waals surface area (Å²) in [6, 6.07) is 0.640. The number of nitrogens with zero attached hydrogens (tertiary/aromatic N) is 1. The Morgan fingerprint density at radius 2 is 2.05 bits per heavy atom. The summed E-state index contributed by atoms with van der Waals surface area (Å²) in [5.74, 6) is -0.137. The molecule has 0 bridgehead atoms. The van der Waals surface area contributed by atoms with Crippen molar-refractivity contribution in [1.82, 2.24) is 10.2 Å². The Kier molecular flexibility index (Phi) is 8.11. The third-order valence-electron chi connectivity index (χ3n) is 3.69. The maximum absolute atomic E-state index is 11.9. The summed E-state index contributed by atoms with van der Waals surface area (Å²) in [5, 5.41) is 3.30. The first-order chi connectivity index (χ1) is 9.54. The Morgan fingerprint density at radius 1 is 1.40 bits per heavy atom. The molecule has 1 heterocycles. The van der Waals surface area contributed by atoms with Crippen LogP contribution in [0.5, 0.6) is 0 Å². The van der Waals surface area contributed by atoms with Crippen LogP contribution in [0.3, 0.4) is 0 Å². The van der Waals surface area contributed by atoms with Crippen LogP contribution in [-0.4, -0.2) is 62.4 Å². The summed E-state index contributed by atoms with van der Waals surface area (Å²) in [4.78, 5) is 14.3. The van der Waals surface area contributed by atoms with Crippen molar-refractivity contribution >= 4 is 5.97 Å². The number of carbonyl (C=O) groups excluding carboxylic acids is 1. The smallest absolute Gasteiger partial charge is 0.323 e. The van der Waals surface area contributed by atoms with Gasteiger partial charge in [0.25, 0.3) is 0 Å². The number of hydrogen-bond donors (Lipinski definition) is 1. The molecule has 118 valence electrons. The van der Waals surface area contributed by atoms with Crippen molar-refractivity contribution in [2.24, 2.45) is 0 Å². The molecule has 0 saturated carbocycles. The van der Waals surface area contributed by atoms with Crippen molar-refractivity contribution in [3.8, 4) is 0 Å².